The summed E-state index contributed by atoms with van der Waals surface area (Å²) >= 11 is 3.40. The van der Waals surface area contributed by atoms with Crippen LogP contribution < -0.4 is 5.43 Å². The maximum atomic E-state index is 4.19. The monoisotopic (exact) mass is 352 g/mol. The van der Waals surface area contributed by atoms with Crippen LogP contribution in [0.3, 0.4) is 0 Å². The smallest absolute Gasteiger partial charge is 0.168 e. The number of anilines is 1. The van der Waals surface area contributed by atoms with Gasteiger partial charge in [-0.3, -0.25) is 5.43 Å². The van der Waals surface area contributed by atoms with E-state index in [0.29, 0.717) is 5.82 Å². The summed E-state index contributed by atoms with van der Waals surface area (Å²) in [6.45, 7) is 0. The van der Waals surface area contributed by atoms with Crippen molar-refractivity contribution in [3.05, 3.63) is 76.8 Å². The number of hydrogen-bond acceptors (Lipinski definition) is 4. The molecule has 0 saturated carbocycles. The maximum absolute atomic E-state index is 4.19. The molecule has 1 N–H and O–H groups in total. The van der Waals surface area contributed by atoms with E-state index < -0.39 is 0 Å². The Kier molecular flexibility index (Phi) is 4.56. The molecule has 1 heterocycles. The highest BCUT2D eigenvalue weighted by atomic mass is 79.9. The van der Waals surface area contributed by atoms with E-state index in [1.807, 2.05) is 66.7 Å². The highest BCUT2D eigenvalue weighted by Gasteiger charge is 1.99. The first-order valence-electron chi connectivity index (χ1n) is 6.75. The van der Waals surface area contributed by atoms with E-state index in [2.05, 4.69) is 36.7 Å². The molecule has 4 nitrogen and oxygen atoms in total. The Morgan fingerprint density at radius 1 is 0.864 bits per heavy atom. The van der Waals surface area contributed by atoms with Crippen LogP contribution in [-0.2, 0) is 0 Å². The minimum atomic E-state index is 0.605. The zero-order valence-electron chi connectivity index (χ0n) is 11.6. The molecule has 0 unspecified atom stereocenters. The Hall–Kier alpha value is -2.53. The Labute approximate surface area is 137 Å². The summed E-state index contributed by atoms with van der Waals surface area (Å²) in [4.78, 5) is 0. The van der Waals surface area contributed by atoms with Gasteiger partial charge in [0.25, 0.3) is 0 Å². The van der Waals surface area contributed by atoms with Gasteiger partial charge < -0.3 is 0 Å². The minimum Gasteiger partial charge on any atom is -0.260 e. The normalized spacial score (nSPS) is 10.8. The third kappa shape index (κ3) is 3.77. The van der Waals surface area contributed by atoms with Gasteiger partial charge in [-0.15, -0.1) is 10.2 Å². The van der Waals surface area contributed by atoms with E-state index in [0.717, 1.165) is 21.3 Å². The van der Waals surface area contributed by atoms with Crippen LogP contribution >= 0.6 is 15.9 Å². The summed E-state index contributed by atoms with van der Waals surface area (Å²) in [6.07, 6.45) is 1.74. The van der Waals surface area contributed by atoms with Crippen molar-refractivity contribution in [2.45, 2.75) is 0 Å². The molecule has 0 bridgehead atoms. The average molecular weight is 353 g/mol. The molecule has 3 rings (SSSR count). The summed E-state index contributed by atoms with van der Waals surface area (Å²) in [6, 6.07) is 21.6. The number of hydrogen-bond donors (Lipinski definition) is 1. The zero-order valence-corrected chi connectivity index (χ0v) is 13.2. The minimum absolute atomic E-state index is 0.605. The van der Waals surface area contributed by atoms with E-state index >= 15 is 0 Å². The molecule has 0 radical (unpaired) electrons. The summed E-state index contributed by atoms with van der Waals surface area (Å²) in [7, 11) is 0. The average Bonchev–Trinajstić information content (AvgIpc) is 2.58. The number of benzene rings is 2. The van der Waals surface area contributed by atoms with E-state index in [9.17, 15) is 0 Å². The molecular formula is C17H13BrN4. The maximum Gasteiger partial charge on any atom is 0.168 e. The van der Waals surface area contributed by atoms with E-state index in [-0.39, 0.29) is 0 Å². The van der Waals surface area contributed by atoms with Gasteiger partial charge in [-0.25, -0.2) is 0 Å². The van der Waals surface area contributed by atoms with Crippen LogP contribution in [0.1, 0.15) is 5.56 Å². The Balaban J connectivity index is 1.65. The summed E-state index contributed by atoms with van der Waals surface area (Å²) in [5.41, 5.74) is 5.75. The van der Waals surface area contributed by atoms with E-state index in [4.69, 9.17) is 0 Å². The second-order valence-electron chi connectivity index (χ2n) is 4.59. The van der Waals surface area contributed by atoms with Crippen molar-refractivity contribution in [1.82, 2.24) is 10.2 Å². The Morgan fingerprint density at radius 3 is 2.32 bits per heavy atom. The van der Waals surface area contributed by atoms with E-state index in [1.165, 1.54) is 0 Å². The van der Waals surface area contributed by atoms with Gasteiger partial charge in [-0.2, -0.15) is 5.10 Å². The molecule has 0 aliphatic rings. The molecule has 3 aromatic rings. The first-order valence-corrected chi connectivity index (χ1v) is 7.54. The van der Waals surface area contributed by atoms with Gasteiger partial charge in [-0.05, 0) is 29.8 Å². The molecule has 22 heavy (non-hydrogen) atoms. The highest BCUT2D eigenvalue weighted by molar-refractivity contribution is 9.10. The first-order chi connectivity index (χ1) is 10.8. The Bertz CT molecular complexity index is 753. The van der Waals surface area contributed by atoms with Gasteiger partial charge in [0.15, 0.2) is 5.82 Å². The number of halogens is 1. The third-order valence-corrected chi connectivity index (χ3v) is 3.53. The van der Waals surface area contributed by atoms with Crippen LogP contribution in [0.4, 0.5) is 5.82 Å². The lowest BCUT2D eigenvalue weighted by atomic mass is 10.1. The van der Waals surface area contributed by atoms with Crippen LogP contribution in [0.2, 0.25) is 0 Å². The van der Waals surface area contributed by atoms with Crippen molar-refractivity contribution < 1.29 is 0 Å². The van der Waals surface area contributed by atoms with Crippen LogP contribution in [0.5, 0.6) is 0 Å². The molecule has 0 atom stereocenters. The second-order valence-corrected chi connectivity index (χ2v) is 5.51. The molecule has 0 fully saturated rings. The molecule has 0 aliphatic carbocycles. The van der Waals surface area contributed by atoms with E-state index in [1.54, 1.807) is 6.21 Å². The van der Waals surface area contributed by atoms with Gasteiger partial charge in [0, 0.05) is 10.0 Å². The standard InChI is InChI=1S/C17H13BrN4/c18-15-8-6-13(7-9-15)12-19-21-17-11-10-16(20-22-17)14-4-2-1-3-5-14/h1-12H,(H,21,22). The number of nitrogens with zero attached hydrogens (tertiary/aromatic N) is 3. The fourth-order valence-electron chi connectivity index (χ4n) is 1.88. The van der Waals surface area contributed by atoms with Crippen LogP contribution in [0.25, 0.3) is 11.3 Å². The summed E-state index contributed by atoms with van der Waals surface area (Å²) in [5, 5.41) is 12.5. The quantitative estimate of drug-likeness (QED) is 0.560. The molecule has 2 aromatic carbocycles. The largest absolute Gasteiger partial charge is 0.260 e. The fourth-order valence-corrected chi connectivity index (χ4v) is 2.14. The molecule has 5 heteroatoms. The van der Waals surface area contributed by atoms with Crippen molar-refractivity contribution in [2.75, 3.05) is 5.43 Å². The fraction of sp³-hybridized carbons (Fsp3) is 0. The molecule has 108 valence electrons. The molecule has 0 aliphatic heterocycles. The summed E-state index contributed by atoms with van der Waals surface area (Å²) in [5.74, 6) is 0.605. The lowest BCUT2D eigenvalue weighted by Gasteiger charge is -2.01. The van der Waals surface area contributed by atoms with Gasteiger partial charge in [0.1, 0.15) is 0 Å². The van der Waals surface area contributed by atoms with Crippen LogP contribution in [-0.4, -0.2) is 16.4 Å². The molecular weight excluding hydrogens is 340 g/mol. The molecule has 0 amide bonds. The van der Waals surface area contributed by atoms with Gasteiger partial charge >= 0.3 is 0 Å². The zero-order chi connectivity index (χ0) is 15.2. The molecule has 1 aromatic heterocycles. The number of hydrazone groups is 1. The first kappa shape index (κ1) is 14.4. The van der Waals surface area contributed by atoms with Crippen molar-refractivity contribution in [3.63, 3.8) is 0 Å². The van der Waals surface area contributed by atoms with Crippen molar-refractivity contribution in [2.24, 2.45) is 5.10 Å². The summed E-state index contributed by atoms with van der Waals surface area (Å²) < 4.78 is 1.04. The number of nitrogens with one attached hydrogen (secondary N) is 1. The van der Waals surface area contributed by atoms with Crippen molar-refractivity contribution >= 4 is 28.0 Å². The van der Waals surface area contributed by atoms with Gasteiger partial charge in [0.05, 0.1) is 11.9 Å². The van der Waals surface area contributed by atoms with Crippen molar-refractivity contribution in [1.29, 1.82) is 0 Å². The van der Waals surface area contributed by atoms with Gasteiger partial charge in [-0.1, -0.05) is 58.4 Å². The predicted molar refractivity (Wildman–Crippen MR) is 92.8 cm³/mol. The molecule has 0 saturated heterocycles. The topological polar surface area (TPSA) is 50.2 Å². The number of rotatable bonds is 4. The SMILES string of the molecule is Brc1ccc(C=NNc2ccc(-c3ccccc3)nn2)cc1. The van der Waals surface area contributed by atoms with Crippen molar-refractivity contribution in [3.8, 4) is 11.3 Å². The molecule has 0 spiro atoms. The lowest BCUT2D eigenvalue weighted by molar-refractivity contribution is 1.03. The lowest BCUT2D eigenvalue weighted by Crippen LogP contribution is -1.96. The van der Waals surface area contributed by atoms with Crippen LogP contribution in [0.15, 0.2) is 76.3 Å². The van der Waals surface area contributed by atoms with Gasteiger partial charge in [0.2, 0.25) is 0 Å². The van der Waals surface area contributed by atoms with Crippen LogP contribution in [0, 0.1) is 0 Å². The number of aromatic nitrogens is 2. The Morgan fingerprint density at radius 2 is 1.64 bits per heavy atom. The predicted octanol–water partition coefficient (Wildman–Crippen LogP) is 4.35. The third-order valence-electron chi connectivity index (χ3n) is 3.00. The second kappa shape index (κ2) is 6.95. The highest BCUT2D eigenvalue weighted by Crippen LogP contribution is 2.16.